The highest BCUT2D eigenvalue weighted by Crippen LogP contribution is 2.37. The number of carboxylic acids is 1. The van der Waals surface area contributed by atoms with Crippen LogP contribution in [0.25, 0.3) is 6.08 Å². The Hall–Kier alpha value is -2.02. The van der Waals surface area contributed by atoms with Crippen molar-refractivity contribution in [2.75, 3.05) is 13.2 Å². The number of aliphatic carboxylic acids is 1. The van der Waals surface area contributed by atoms with Gasteiger partial charge < -0.3 is 19.9 Å². The lowest BCUT2D eigenvalue weighted by molar-refractivity contribution is -0.134. The molecular weight excluding hydrogens is 378 g/mol. The van der Waals surface area contributed by atoms with Crippen molar-refractivity contribution in [3.63, 3.8) is 0 Å². The van der Waals surface area contributed by atoms with Crippen LogP contribution >= 0.6 is 15.9 Å². The summed E-state index contributed by atoms with van der Waals surface area (Å²) in [6.45, 7) is 6.19. The monoisotopic (exact) mass is 399 g/mol. The van der Waals surface area contributed by atoms with E-state index in [4.69, 9.17) is 9.47 Å². The summed E-state index contributed by atoms with van der Waals surface area (Å²) < 4.78 is 12.0. The van der Waals surface area contributed by atoms with Gasteiger partial charge in [0.05, 0.1) is 17.7 Å². The molecule has 0 aliphatic carbocycles. The van der Waals surface area contributed by atoms with Crippen LogP contribution in [0.5, 0.6) is 11.5 Å². The third kappa shape index (κ3) is 6.23. The van der Waals surface area contributed by atoms with Gasteiger partial charge in [-0.15, -0.1) is 0 Å². The molecule has 0 radical (unpaired) electrons. The fourth-order valence-corrected chi connectivity index (χ4v) is 2.47. The third-order valence-corrected chi connectivity index (χ3v) is 3.52. The molecule has 0 unspecified atom stereocenters. The number of carboxylic acid groups (broad SMARTS) is 1. The second kappa shape index (κ2) is 9.97. The maximum atomic E-state index is 11.2. The van der Waals surface area contributed by atoms with Crippen molar-refractivity contribution in [2.24, 2.45) is 0 Å². The van der Waals surface area contributed by atoms with E-state index in [0.717, 1.165) is 12.8 Å². The summed E-state index contributed by atoms with van der Waals surface area (Å²) in [5.74, 6) is -0.574. The molecule has 0 atom stereocenters. The molecule has 0 saturated heterocycles. The normalized spacial score (nSPS) is 11.1. The molecule has 0 aliphatic rings. The number of halogens is 1. The quantitative estimate of drug-likeness (QED) is 0.489. The van der Waals surface area contributed by atoms with E-state index in [9.17, 15) is 14.7 Å². The Morgan fingerprint density at radius 1 is 1.29 bits per heavy atom. The minimum atomic E-state index is -1.22. The van der Waals surface area contributed by atoms with E-state index in [1.165, 1.54) is 13.0 Å². The standard InChI is InChI=1S/C17H22BrNO5/c1-4-6-7-24-16-13(18)8-12(10-15(16)23-5-2)9-14(17(21)22)19-11(3)20/h8-10H,4-7H2,1-3H3,(H,19,20)(H,21,22). The minimum absolute atomic E-state index is 0.212. The van der Waals surface area contributed by atoms with Crippen LogP contribution in [0.15, 0.2) is 22.3 Å². The van der Waals surface area contributed by atoms with Crippen molar-refractivity contribution in [1.29, 1.82) is 0 Å². The van der Waals surface area contributed by atoms with Crippen LogP contribution in [0.3, 0.4) is 0 Å². The number of benzene rings is 1. The predicted octanol–water partition coefficient (Wildman–Crippen LogP) is 3.59. The van der Waals surface area contributed by atoms with E-state index < -0.39 is 11.9 Å². The number of carbonyl (C=O) groups is 2. The number of nitrogens with one attached hydrogen (secondary N) is 1. The molecule has 2 N–H and O–H groups in total. The molecule has 0 spiro atoms. The molecule has 7 heteroatoms. The highest BCUT2D eigenvalue weighted by atomic mass is 79.9. The summed E-state index contributed by atoms with van der Waals surface area (Å²) in [6.07, 6.45) is 3.30. The molecule has 1 rings (SSSR count). The van der Waals surface area contributed by atoms with Crippen LogP contribution in [0.2, 0.25) is 0 Å². The first-order chi connectivity index (χ1) is 11.4. The summed E-state index contributed by atoms with van der Waals surface area (Å²) in [7, 11) is 0. The number of hydrogen-bond acceptors (Lipinski definition) is 4. The van der Waals surface area contributed by atoms with E-state index in [-0.39, 0.29) is 5.70 Å². The molecule has 1 amide bonds. The first-order valence-electron chi connectivity index (χ1n) is 7.70. The maximum Gasteiger partial charge on any atom is 0.352 e. The number of ether oxygens (including phenoxy) is 2. The fourth-order valence-electron chi connectivity index (χ4n) is 1.90. The Labute approximate surface area is 150 Å². The van der Waals surface area contributed by atoms with Crippen LogP contribution in [0, 0.1) is 0 Å². The van der Waals surface area contributed by atoms with E-state index in [0.29, 0.717) is 34.7 Å². The molecule has 0 fully saturated rings. The Kier molecular flexibility index (Phi) is 8.32. The van der Waals surface area contributed by atoms with Gasteiger partial charge in [-0.25, -0.2) is 4.79 Å². The lowest BCUT2D eigenvalue weighted by Gasteiger charge is -2.15. The maximum absolute atomic E-state index is 11.2. The molecule has 0 bridgehead atoms. The lowest BCUT2D eigenvalue weighted by Crippen LogP contribution is -2.24. The number of hydrogen-bond donors (Lipinski definition) is 2. The molecule has 1 aromatic carbocycles. The second-order valence-corrected chi connectivity index (χ2v) is 5.86. The first kappa shape index (κ1) is 20.0. The molecule has 0 aromatic heterocycles. The van der Waals surface area contributed by atoms with Gasteiger partial charge in [0.1, 0.15) is 5.70 Å². The van der Waals surface area contributed by atoms with E-state index in [2.05, 4.69) is 28.2 Å². The van der Waals surface area contributed by atoms with Gasteiger partial charge in [-0.2, -0.15) is 0 Å². The Morgan fingerprint density at radius 3 is 2.54 bits per heavy atom. The smallest absolute Gasteiger partial charge is 0.352 e. The van der Waals surface area contributed by atoms with Crippen LogP contribution in [0.1, 0.15) is 39.2 Å². The molecule has 0 aliphatic heterocycles. The zero-order chi connectivity index (χ0) is 18.1. The number of rotatable bonds is 9. The molecule has 6 nitrogen and oxygen atoms in total. The van der Waals surface area contributed by atoms with Crippen molar-refractivity contribution < 1.29 is 24.2 Å². The average molecular weight is 400 g/mol. The summed E-state index contributed by atoms with van der Waals surface area (Å²) in [5.41, 5.74) is 0.357. The SMILES string of the molecule is CCCCOc1c(Br)cc(C=C(NC(C)=O)C(=O)O)cc1OCC. The van der Waals surface area contributed by atoms with Crippen LogP contribution in [-0.2, 0) is 9.59 Å². The van der Waals surface area contributed by atoms with Crippen molar-refractivity contribution in [1.82, 2.24) is 5.32 Å². The Bertz CT molecular complexity index is 628. The second-order valence-electron chi connectivity index (χ2n) is 5.01. The predicted molar refractivity (Wildman–Crippen MR) is 95.1 cm³/mol. The van der Waals surface area contributed by atoms with Crippen LogP contribution in [0.4, 0.5) is 0 Å². The zero-order valence-electron chi connectivity index (χ0n) is 14.0. The minimum Gasteiger partial charge on any atom is -0.490 e. The number of unbranched alkanes of at least 4 members (excludes halogenated alkanes) is 1. The molecule has 1 aromatic rings. The Balaban J connectivity index is 3.20. The molecular formula is C17H22BrNO5. The topological polar surface area (TPSA) is 84.9 Å². The first-order valence-corrected chi connectivity index (χ1v) is 8.50. The molecule has 24 heavy (non-hydrogen) atoms. The van der Waals surface area contributed by atoms with Crippen molar-refractivity contribution in [3.05, 3.63) is 27.9 Å². The van der Waals surface area contributed by atoms with E-state index in [1.54, 1.807) is 12.1 Å². The summed E-state index contributed by atoms with van der Waals surface area (Å²) in [5, 5.41) is 11.5. The van der Waals surface area contributed by atoms with Gasteiger partial charge in [0.2, 0.25) is 5.91 Å². The Morgan fingerprint density at radius 2 is 2.00 bits per heavy atom. The van der Waals surface area contributed by atoms with Gasteiger partial charge in [-0.05, 0) is 53.0 Å². The van der Waals surface area contributed by atoms with Crippen molar-refractivity contribution in [2.45, 2.75) is 33.6 Å². The van der Waals surface area contributed by atoms with Gasteiger partial charge in [-0.3, -0.25) is 4.79 Å². The number of amides is 1. The largest absolute Gasteiger partial charge is 0.490 e. The zero-order valence-corrected chi connectivity index (χ0v) is 15.6. The molecule has 0 saturated carbocycles. The van der Waals surface area contributed by atoms with Crippen molar-refractivity contribution in [3.8, 4) is 11.5 Å². The summed E-state index contributed by atoms with van der Waals surface area (Å²) in [6, 6.07) is 3.40. The van der Waals surface area contributed by atoms with Gasteiger partial charge in [-0.1, -0.05) is 13.3 Å². The van der Waals surface area contributed by atoms with Gasteiger partial charge in [0.15, 0.2) is 11.5 Å². The third-order valence-electron chi connectivity index (χ3n) is 2.93. The van der Waals surface area contributed by atoms with E-state index in [1.807, 2.05) is 6.92 Å². The van der Waals surface area contributed by atoms with Crippen LogP contribution < -0.4 is 14.8 Å². The van der Waals surface area contributed by atoms with Gasteiger partial charge in [0, 0.05) is 6.92 Å². The van der Waals surface area contributed by atoms with E-state index >= 15 is 0 Å². The summed E-state index contributed by atoms with van der Waals surface area (Å²) in [4.78, 5) is 22.3. The van der Waals surface area contributed by atoms with Gasteiger partial charge >= 0.3 is 5.97 Å². The van der Waals surface area contributed by atoms with Crippen molar-refractivity contribution >= 4 is 33.9 Å². The van der Waals surface area contributed by atoms with Gasteiger partial charge in [0.25, 0.3) is 0 Å². The van der Waals surface area contributed by atoms with Crippen LogP contribution in [-0.4, -0.2) is 30.2 Å². The highest BCUT2D eigenvalue weighted by molar-refractivity contribution is 9.10. The molecule has 0 heterocycles. The highest BCUT2D eigenvalue weighted by Gasteiger charge is 2.14. The molecule has 132 valence electrons. The summed E-state index contributed by atoms with van der Waals surface area (Å²) >= 11 is 3.43. The lowest BCUT2D eigenvalue weighted by atomic mass is 10.1. The fraction of sp³-hybridized carbons (Fsp3) is 0.412. The average Bonchev–Trinajstić information content (AvgIpc) is 2.49. The number of carbonyl (C=O) groups excluding carboxylic acids is 1.